The number of sulfonamides is 2. The van der Waals surface area contributed by atoms with Crippen LogP contribution in [0.3, 0.4) is 0 Å². The first-order valence-electron chi connectivity index (χ1n) is 14.6. The topological polar surface area (TPSA) is 74.8 Å². The Balaban J connectivity index is 1.37. The Morgan fingerprint density at radius 2 is 0.810 bits per heavy atom. The van der Waals surface area contributed by atoms with Crippen molar-refractivity contribution in [3.05, 3.63) is 83.9 Å². The van der Waals surface area contributed by atoms with Gasteiger partial charge in [0.1, 0.15) is 0 Å². The fourth-order valence-electron chi connectivity index (χ4n) is 6.62. The van der Waals surface area contributed by atoms with Crippen molar-refractivity contribution >= 4 is 46.5 Å². The van der Waals surface area contributed by atoms with E-state index in [1.807, 2.05) is 65.8 Å². The van der Waals surface area contributed by atoms with Gasteiger partial charge >= 0.3 is 0 Å². The smallest absolute Gasteiger partial charge is 0.207 e. The van der Waals surface area contributed by atoms with Crippen molar-refractivity contribution in [1.29, 1.82) is 0 Å². The van der Waals surface area contributed by atoms with Crippen LogP contribution in [0.5, 0.6) is 0 Å². The van der Waals surface area contributed by atoms with Crippen LogP contribution in [0.15, 0.2) is 82.6 Å². The van der Waals surface area contributed by atoms with E-state index in [4.69, 9.17) is 0 Å². The zero-order chi connectivity index (χ0) is 30.4. The molecule has 0 bridgehead atoms. The molecule has 2 aliphatic rings. The highest BCUT2D eigenvalue weighted by atomic mass is 32.2. The molecule has 2 saturated heterocycles. The summed E-state index contributed by atoms with van der Waals surface area (Å²) >= 11 is 0. The zero-order valence-electron chi connectivity index (χ0n) is 25.3. The van der Waals surface area contributed by atoms with Crippen LogP contribution in [0, 0.1) is 13.8 Å². The maximum atomic E-state index is 13.7. The van der Waals surface area contributed by atoms with Gasteiger partial charge in [0.25, 0.3) is 0 Å². The van der Waals surface area contributed by atoms with Crippen LogP contribution >= 0.6 is 15.8 Å². The minimum absolute atomic E-state index is 0.105. The maximum absolute atomic E-state index is 13.7. The highest BCUT2D eigenvalue weighted by molar-refractivity contribution is 7.89. The largest absolute Gasteiger partial charge is 0.243 e. The molecule has 0 radical (unpaired) electrons. The molecule has 0 aliphatic carbocycles. The molecule has 0 amide bonds. The monoisotopic (exact) mass is 644 g/mol. The van der Waals surface area contributed by atoms with Gasteiger partial charge in [-0.3, -0.25) is 0 Å². The van der Waals surface area contributed by atoms with Crippen LogP contribution in [0.1, 0.15) is 38.8 Å². The molecule has 0 unspecified atom stereocenters. The SMILES string of the molecule is Cc1ccc(S(=O)(=O)N2[C@H](C)CP(c3ccccc3P3C[C@@H](C)N(S(=O)(=O)c4ccc(C)cc4)[C@H](C)C3)C[C@H]2C)cc1. The van der Waals surface area contributed by atoms with Crippen molar-refractivity contribution in [2.45, 2.75) is 75.5 Å². The summed E-state index contributed by atoms with van der Waals surface area (Å²) in [5.41, 5.74) is 2.08. The summed E-state index contributed by atoms with van der Waals surface area (Å²) in [6.07, 6.45) is 3.29. The molecule has 2 aliphatic heterocycles. The van der Waals surface area contributed by atoms with E-state index >= 15 is 0 Å². The molecule has 6 nitrogen and oxygen atoms in total. The summed E-state index contributed by atoms with van der Waals surface area (Å²) in [4.78, 5) is 0.717. The lowest BCUT2D eigenvalue weighted by Gasteiger charge is -2.44. The lowest BCUT2D eigenvalue weighted by molar-refractivity contribution is 0.296. The van der Waals surface area contributed by atoms with Gasteiger partial charge in [-0.05, 0) is 101 Å². The Morgan fingerprint density at radius 3 is 1.10 bits per heavy atom. The first kappa shape index (κ1) is 31.8. The van der Waals surface area contributed by atoms with Gasteiger partial charge in [0, 0.05) is 24.2 Å². The molecule has 3 aromatic carbocycles. The number of rotatable bonds is 6. The molecular weight excluding hydrogens is 602 g/mol. The van der Waals surface area contributed by atoms with Gasteiger partial charge in [-0.1, -0.05) is 75.5 Å². The zero-order valence-corrected chi connectivity index (χ0v) is 28.7. The number of aryl methyl sites for hydroxylation is 2. The van der Waals surface area contributed by atoms with Crippen molar-refractivity contribution in [1.82, 2.24) is 8.61 Å². The fraction of sp³-hybridized carbons (Fsp3) is 0.438. The Hall–Kier alpha value is -1.66. The van der Waals surface area contributed by atoms with E-state index < -0.39 is 35.9 Å². The normalized spacial score (nSPS) is 28.0. The first-order chi connectivity index (χ1) is 19.8. The van der Waals surface area contributed by atoms with Crippen LogP contribution in [0.4, 0.5) is 0 Å². The van der Waals surface area contributed by atoms with Gasteiger partial charge in [-0.15, -0.1) is 0 Å². The summed E-state index contributed by atoms with van der Waals surface area (Å²) < 4.78 is 58.1. The minimum atomic E-state index is -3.59. The second-order valence-corrected chi connectivity index (χ2v) is 20.3. The lowest BCUT2D eigenvalue weighted by Crippen LogP contribution is -2.53. The maximum Gasteiger partial charge on any atom is 0.243 e. The van der Waals surface area contributed by atoms with Crippen LogP contribution in [0.25, 0.3) is 0 Å². The summed E-state index contributed by atoms with van der Waals surface area (Å²) in [5, 5.41) is 2.75. The standard InChI is InChI=1S/C32H42N2O4P2S2/c1-23-11-15-29(16-12-23)41(35,36)33-25(3)19-39(20-26(33)4)31-9-7-8-10-32(31)40-21-27(5)34(28(6)22-40)42(37,38)30-17-13-24(2)14-18-30/h7-18,25-28H,19-22H2,1-6H3/t25-,26-,27-,28-/m1/s1. The van der Waals surface area contributed by atoms with E-state index in [0.717, 1.165) is 35.8 Å². The van der Waals surface area contributed by atoms with Crippen LogP contribution in [-0.4, -0.2) is 74.3 Å². The Labute approximate surface area is 255 Å². The summed E-state index contributed by atoms with van der Waals surface area (Å²) in [6.45, 7) is 12.1. The van der Waals surface area contributed by atoms with Gasteiger partial charge in [-0.2, -0.15) is 8.61 Å². The van der Waals surface area contributed by atoms with E-state index in [9.17, 15) is 16.8 Å². The average molecular weight is 645 g/mol. The summed E-state index contributed by atoms with van der Waals surface area (Å²) in [5.74, 6) is 0. The van der Waals surface area contributed by atoms with Crippen molar-refractivity contribution in [3.63, 3.8) is 0 Å². The van der Waals surface area contributed by atoms with E-state index in [-0.39, 0.29) is 24.2 Å². The molecule has 10 heteroatoms. The Bertz CT molecular complexity index is 1480. The van der Waals surface area contributed by atoms with E-state index in [2.05, 4.69) is 24.3 Å². The van der Waals surface area contributed by atoms with Gasteiger partial charge in [0.05, 0.1) is 9.79 Å². The first-order valence-corrected chi connectivity index (χ1v) is 20.9. The number of benzene rings is 3. The molecule has 2 fully saturated rings. The molecular formula is C32H42N2O4P2S2. The van der Waals surface area contributed by atoms with E-state index in [0.29, 0.717) is 9.79 Å². The second kappa shape index (κ2) is 12.4. The molecule has 4 atom stereocenters. The second-order valence-electron chi connectivity index (χ2n) is 12.0. The quantitative estimate of drug-likeness (QED) is 0.333. The average Bonchev–Trinajstić information content (AvgIpc) is 2.92. The highest BCUT2D eigenvalue weighted by Gasteiger charge is 2.42. The Kier molecular flexibility index (Phi) is 9.36. The van der Waals surface area contributed by atoms with Crippen LogP contribution in [-0.2, 0) is 20.0 Å². The number of hydrogen-bond acceptors (Lipinski definition) is 4. The predicted molar refractivity (Wildman–Crippen MR) is 177 cm³/mol. The van der Waals surface area contributed by atoms with Crippen LogP contribution < -0.4 is 10.6 Å². The van der Waals surface area contributed by atoms with Gasteiger partial charge < -0.3 is 0 Å². The fourth-order valence-corrected chi connectivity index (χ4v) is 17.3. The molecule has 0 N–H and O–H groups in total. The lowest BCUT2D eigenvalue weighted by atomic mass is 10.2. The summed E-state index contributed by atoms with van der Waals surface area (Å²) in [6, 6.07) is 22.6. The highest BCUT2D eigenvalue weighted by Crippen LogP contribution is 2.48. The van der Waals surface area contributed by atoms with Crippen molar-refractivity contribution in [3.8, 4) is 0 Å². The molecule has 226 valence electrons. The molecule has 0 saturated carbocycles. The number of nitrogens with zero attached hydrogens (tertiary/aromatic N) is 2. The summed E-state index contributed by atoms with van der Waals surface area (Å²) in [7, 11) is -8.30. The van der Waals surface area contributed by atoms with Crippen molar-refractivity contribution < 1.29 is 16.8 Å². The van der Waals surface area contributed by atoms with Crippen molar-refractivity contribution in [2.24, 2.45) is 0 Å². The molecule has 2 heterocycles. The molecule has 3 aromatic rings. The van der Waals surface area contributed by atoms with E-state index in [1.54, 1.807) is 32.9 Å². The third-order valence-electron chi connectivity index (χ3n) is 8.43. The van der Waals surface area contributed by atoms with Crippen molar-refractivity contribution in [2.75, 3.05) is 24.6 Å². The van der Waals surface area contributed by atoms with Crippen LogP contribution in [0.2, 0.25) is 0 Å². The van der Waals surface area contributed by atoms with Gasteiger partial charge in [0.15, 0.2) is 0 Å². The van der Waals surface area contributed by atoms with Gasteiger partial charge in [0.2, 0.25) is 20.0 Å². The molecule has 0 spiro atoms. The minimum Gasteiger partial charge on any atom is -0.207 e. The molecule has 5 rings (SSSR count). The van der Waals surface area contributed by atoms with E-state index in [1.165, 1.54) is 10.6 Å². The predicted octanol–water partition coefficient (Wildman–Crippen LogP) is 5.48. The Morgan fingerprint density at radius 1 is 0.524 bits per heavy atom. The molecule has 42 heavy (non-hydrogen) atoms. The number of hydrogen-bond donors (Lipinski definition) is 0. The molecule has 0 aromatic heterocycles. The third-order valence-corrected chi connectivity index (χ3v) is 18.9. The third kappa shape index (κ3) is 6.14. The van der Waals surface area contributed by atoms with Gasteiger partial charge in [-0.25, -0.2) is 16.8 Å².